The lowest BCUT2D eigenvalue weighted by atomic mass is 10.4. The molecule has 164 valence electrons. The minimum absolute atomic E-state index is 0.0939. The largest absolute Gasteiger partial charge is 0.282 e. The first-order chi connectivity index (χ1) is 14.1. The van der Waals surface area contributed by atoms with E-state index < -0.39 is 0 Å². The standard InChI is InChI=1S/C19H28O2S8/c1-3-16(20)24-7-5-14-9-26-18(28-14)11-22-13-23-12-19-27-10-15(29-19)6-8-25-17(21)4-2/h3-4,14-15,18-19H,1-2,5-13H2. The molecule has 4 atom stereocenters. The van der Waals surface area contributed by atoms with Crippen molar-refractivity contribution in [2.45, 2.75) is 32.5 Å². The Balaban J connectivity index is 1.43. The molecule has 0 amide bonds. The molecule has 2 rings (SSSR count). The van der Waals surface area contributed by atoms with Crippen LogP contribution in [-0.4, -0.2) is 69.5 Å². The molecule has 29 heavy (non-hydrogen) atoms. The SMILES string of the molecule is C=CC(=O)SCCC1CSC(CSCSCC2SCC(CCSC(=O)C=C)S2)S1. The van der Waals surface area contributed by atoms with Crippen molar-refractivity contribution in [3.63, 3.8) is 0 Å². The molecule has 0 aliphatic carbocycles. The lowest BCUT2D eigenvalue weighted by Crippen LogP contribution is -2.05. The third-order valence-corrected chi connectivity index (χ3v) is 15.8. The Hall–Kier alpha value is 1.62. The van der Waals surface area contributed by atoms with Gasteiger partial charge in [-0.3, -0.25) is 9.59 Å². The van der Waals surface area contributed by atoms with Gasteiger partial charge in [-0.25, -0.2) is 0 Å². The van der Waals surface area contributed by atoms with Gasteiger partial charge in [-0.15, -0.1) is 70.6 Å². The minimum Gasteiger partial charge on any atom is -0.282 e. The highest BCUT2D eigenvalue weighted by Gasteiger charge is 2.27. The van der Waals surface area contributed by atoms with Gasteiger partial charge in [0, 0.05) is 50.1 Å². The molecule has 0 saturated carbocycles. The highest BCUT2D eigenvalue weighted by molar-refractivity contribution is 8.24. The van der Waals surface area contributed by atoms with Crippen LogP contribution in [0.3, 0.4) is 0 Å². The normalized spacial score (nSPS) is 26.5. The van der Waals surface area contributed by atoms with E-state index in [0.29, 0.717) is 19.7 Å². The van der Waals surface area contributed by atoms with Crippen LogP contribution in [0.5, 0.6) is 0 Å². The second-order valence-corrected chi connectivity index (χ2v) is 16.9. The Morgan fingerprint density at radius 2 is 1.28 bits per heavy atom. The number of rotatable bonds is 14. The van der Waals surface area contributed by atoms with E-state index in [1.165, 1.54) is 63.8 Å². The first-order valence-electron chi connectivity index (χ1n) is 9.38. The summed E-state index contributed by atoms with van der Waals surface area (Å²) in [6.45, 7) is 7.04. The summed E-state index contributed by atoms with van der Waals surface area (Å²) in [6, 6.07) is 0. The summed E-state index contributed by atoms with van der Waals surface area (Å²) in [5.74, 6) is 6.72. The molecule has 0 spiro atoms. The Labute approximate surface area is 209 Å². The molecule has 0 aromatic heterocycles. The van der Waals surface area contributed by atoms with Gasteiger partial charge in [0.1, 0.15) is 0 Å². The van der Waals surface area contributed by atoms with Crippen LogP contribution in [0.25, 0.3) is 0 Å². The molecule has 10 heteroatoms. The van der Waals surface area contributed by atoms with Gasteiger partial charge in [-0.05, 0) is 25.0 Å². The summed E-state index contributed by atoms with van der Waals surface area (Å²) in [5.41, 5.74) is 0. The zero-order valence-electron chi connectivity index (χ0n) is 16.3. The molecule has 0 bridgehead atoms. The van der Waals surface area contributed by atoms with Crippen LogP contribution in [0.1, 0.15) is 12.8 Å². The summed E-state index contributed by atoms with van der Waals surface area (Å²) in [4.78, 5) is 22.5. The Morgan fingerprint density at radius 1 is 0.828 bits per heavy atom. The molecule has 2 fully saturated rings. The molecule has 4 unspecified atom stereocenters. The van der Waals surface area contributed by atoms with E-state index in [-0.39, 0.29) is 10.2 Å². The highest BCUT2D eigenvalue weighted by atomic mass is 32.2. The van der Waals surface area contributed by atoms with Gasteiger partial charge >= 0.3 is 0 Å². The fourth-order valence-electron chi connectivity index (χ4n) is 2.54. The summed E-state index contributed by atoms with van der Waals surface area (Å²) in [5, 5.41) is 2.77. The number of hydrogen-bond acceptors (Lipinski definition) is 10. The van der Waals surface area contributed by atoms with Gasteiger partial charge in [0.2, 0.25) is 10.2 Å². The molecule has 0 aromatic rings. The van der Waals surface area contributed by atoms with E-state index in [2.05, 4.69) is 83.7 Å². The molecule has 0 radical (unpaired) electrons. The third-order valence-electron chi connectivity index (χ3n) is 4.00. The van der Waals surface area contributed by atoms with E-state index in [0.717, 1.165) is 24.3 Å². The number of carbonyl (C=O) groups excluding carboxylic acids is 2. The number of thioether (sulfide) groups is 8. The Morgan fingerprint density at radius 3 is 1.69 bits per heavy atom. The van der Waals surface area contributed by atoms with Gasteiger partial charge in [-0.1, -0.05) is 36.7 Å². The van der Waals surface area contributed by atoms with E-state index >= 15 is 0 Å². The van der Waals surface area contributed by atoms with Gasteiger partial charge in [-0.2, -0.15) is 0 Å². The number of hydrogen-bond donors (Lipinski definition) is 0. The first-order valence-corrected chi connectivity index (χ1v) is 17.6. The van der Waals surface area contributed by atoms with E-state index in [1.54, 1.807) is 0 Å². The van der Waals surface area contributed by atoms with Crippen LogP contribution in [0.2, 0.25) is 0 Å². The topological polar surface area (TPSA) is 34.1 Å². The van der Waals surface area contributed by atoms with Crippen molar-refractivity contribution >= 4 is 104 Å². The quantitative estimate of drug-likeness (QED) is 0.139. The molecular formula is C19H28O2S8. The maximum atomic E-state index is 11.3. The minimum atomic E-state index is 0.0939. The molecule has 0 N–H and O–H groups in total. The van der Waals surface area contributed by atoms with Gasteiger partial charge in [0.25, 0.3) is 0 Å². The summed E-state index contributed by atoms with van der Waals surface area (Å²) >= 11 is 15.3. The van der Waals surface area contributed by atoms with Crippen molar-refractivity contribution in [1.82, 2.24) is 0 Å². The Kier molecular flexibility index (Phi) is 15.1. The molecule has 2 heterocycles. The van der Waals surface area contributed by atoms with Crippen LogP contribution < -0.4 is 0 Å². The van der Waals surface area contributed by atoms with Crippen molar-refractivity contribution < 1.29 is 9.59 Å². The van der Waals surface area contributed by atoms with Crippen molar-refractivity contribution in [3.05, 3.63) is 25.3 Å². The lowest BCUT2D eigenvalue weighted by Gasteiger charge is -2.11. The van der Waals surface area contributed by atoms with Gasteiger partial charge < -0.3 is 0 Å². The zero-order valence-corrected chi connectivity index (χ0v) is 22.9. The van der Waals surface area contributed by atoms with Crippen molar-refractivity contribution in [1.29, 1.82) is 0 Å². The average molecular weight is 545 g/mol. The van der Waals surface area contributed by atoms with Crippen LogP contribution in [-0.2, 0) is 9.59 Å². The van der Waals surface area contributed by atoms with Crippen LogP contribution in [0, 0.1) is 0 Å². The van der Waals surface area contributed by atoms with Crippen LogP contribution >= 0.6 is 94.1 Å². The van der Waals surface area contributed by atoms with Crippen molar-refractivity contribution in [3.8, 4) is 0 Å². The monoisotopic (exact) mass is 544 g/mol. The van der Waals surface area contributed by atoms with Gasteiger partial charge in [0.15, 0.2) is 0 Å². The smallest absolute Gasteiger partial charge is 0.211 e. The fraction of sp³-hybridized carbons (Fsp3) is 0.684. The average Bonchev–Trinajstić information content (AvgIpc) is 3.37. The first kappa shape index (κ1) is 26.9. The molecule has 2 saturated heterocycles. The summed E-state index contributed by atoms with van der Waals surface area (Å²) in [6.07, 6.45) is 5.06. The predicted octanol–water partition coefficient (Wildman–Crippen LogP) is 6.43. The predicted molar refractivity (Wildman–Crippen MR) is 150 cm³/mol. The number of carbonyl (C=O) groups is 2. The summed E-state index contributed by atoms with van der Waals surface area (Å²) < 4.78 is 1.42. The maximum absolute atomic E-state index is 11.3. The molecule has 2 aliphatic heterocycles. The Bertz CT molecular complexity index is 498. The second kappa shape index (κ2) is 16.3. The molecule has 0 aromatic carbocycles. The van der Waals surface area contributed by atoms with E-state index in [4.69, 9.17) is 0 Å². The second-order valence-electron chi connectivity index (χ2n) is 6.22. The third kappa shape index (κ3) is 11.9. The van der Waals surface area contributed by atoms with E-state index in [9.17, 15) is 9.59 Å². The zero-order chi connectivity index (χ0) is 20.9. The van der Waals surface area contributed by atoms with Crippen LogP contribution in [0.4, 0.5) is 0 Å². The fourth-order valence-corrected chi connectivity index (χ4v) is 14.2. The van der Waals surface area contributed by atoms with E-state index in [1.807, 2.05) is 0 Å². The molecule has 2 aliphatic rings. The lowest BCUT2D eigenvalue weighted by molar-refractivity contribution is -0.107. The highest BCUT2D eigenvalue weighted by Crippen LogP contribution is 2.43. The van der Waals surface area contributed by atoms with Crippen molar-refractivity contribution in [2.75, 3.05) is 39.6 Å². The van der Waals surface area contributed by atoms with Crippen molar-refractivity contribution in [2.24, 2.45) is 0 Å². The summed E-state index contributed by atoms with van der Waals surface area (Å²) in [7, 11) is 0. The molecular weight excluding hydrogens is 517 g/mol. The van der Waals surface area contributed by atoms with Gasteiger partial charge in [0.05, 0.1) is 9.16 Å². The maximum Gasteiger partial charge on any atom is 0.211 e. The van der Waals surface area contributed by atoms with Crippen LogP contribution in [0.15, 0.2) is 25.3 Å². The molecule has 2 nitrogen and oxygen atoms in total.